The van der Waals surface area contributed by atoms with Crippen LogP contribution in [0.3, 0.4) is 0 Å². The first kappa shape index (κ1) is 23.0. The van der Waals surface area contributed by atoms with Crippen molar-refractivity contribution in [3.05, 3.63) is 78.9 Å². The minimum atomic E-state index is -4.86. The van der Waals surface area contributed by atoms with Crippen LogP contribution in [0, 0.1) is 6.92 Å². The molecule has 0 spiro atoms. The number of aryl methyl sites for hydroxylation is 1. The molecule has 176 valence electrons. The number of nitrogens with one attached hydrogen (secondary N) is 2. The van der Waals surface area contributed by atoms with E-state index in [4.69, 9.17) is 0 Å². The summed E-state index contributed by atoms with van der Waals surface area (Å²) in [7, 11) is -4.02. The number of benzene rings is 2. The van der Waals surface area contributed by atoms with Crippen LogP contribution in [-0.4, -0.2) is 34.5 Å². The summed E-state index contributed by atoms with van der Waals surface area (Å²) < 4.78 is 69.6. The Kier molecular flexibility index (Phi) is 6.11. The average Bonchev–Trinajstić information content (AvgIpc) is 3.29. The van der Waals surface area contributed by atoms with E-state index >= 15 is 0 Å². The highest BCUT2D eigenvalue weighted by molar-refractivity contribution is 7.92. The van der Waals surface area contributed by atoms with E-state index in [-0.39, 0.29) is 10.6 Å². The zero-order chi connectivity index (χ0) is 24.3. The van der Waals surface area contributed by atoms with Gasteiger partial charge in [0.05, 0.1) is 4.90 Å². The number of alkyl halides is 3. The quantitative estimate of drug-likeness (QED) is 0.395. The number of hydrogen-bond donors (Lipinski definition) is 2. The molecule has 2 N–H and O–H groups in total. The Balaban J connectivity index is 1.45. The summed E-state index contributed by atoms with van der Waals surface area (Å²) in [5.41, 5.74) is 0.901. The Labute approximate surface area is 192 Å². The van der Waals surface area contributed by atoms with Crippen molar-refractivity contribution in [2.45, 2.75) is 18.2 Å². The minimum absolute atomic E-state index is 0.216. The van der Waals surface area contributed by atoms with Crippen molar-refractivity contribution in [2.75, 3.05) is 10.0 Å². The summed E-state index contributed by atoms with van der Waals surface area (Å²) in [5.74, 6) is 1.12. The molecule has 0 saturated heterocycles. The first-order valence-corrected chi connectivity index (χ1v) is 11.2. The molecule has 2 aromatic heterocycles. The highest BCUT2D eigenvalue weighted by atomic mass is 32.2. The fraction of sp³-hybridized carbons (Fsp3) is 0.0952. The third-order valence-electron chi connectivity index (χ3n) is 4.34. The van der Waals surface area contributed by atoms with Gasteiger partial charge in [-0.15, -0.1) is 13.2 Å². The van der Waals surface area contributed by atoms with Crippen LogP contribution in [0.25, 0.3) is 5.82 Å². The van der Waals surface area contributed by atoms with Crippen LogP contribution in [-0.2, 0) is 10.0 Å². The Morgan fingerprint density at radius 2 is 1.65 bits per heavy atom. The smallest absolute Gasteiger partial charge is 0.406 e. The molecule has 0 amide bonds. The molecule has 4 aromatic rings. The summed E-state index contributed by atoms with van der Waals surface area (Å²) >= 11 is 0. The van der Waals surface area contributed by atoms with Crippen molar-refractivity contribution in [1.82, 2.24) is 19.7 Å². The maximum atomic E-state index is 12.5. The molecular formula is C21H17F3N6O3S. The number of anilines is 3. The van der Waals surface area contributed by atoms with Crippen molar-refractivity contribution >= 4 is 27.2 Å². The van der Waals surface area contributed by atoms with Crippen LogP contribution < -0.4 is 14.8 Å². The number of ether oxygens (including phenoxy) is 1. The zero-order valence-electron chi connectivity index (χ0n) is 17.5. The lowest BCUT2D eigenvalue weighted by molar-refractivity contribution is -0.274. The largest absolute Gasteiger partial charge is 0.573 e. The third-order valence-corrected chi connectivity index (χ3v) is 5.74. The highest BCUT2D eigenvalue weighted by Gasteiger charge is 2.31. The number of nitrogens with zero attached hydrogens (tertiary/aromatic N) is 4. The number of aromatic nitrogens is 4. The number of rotatable bonds is 7. The molecule has 0 aliphatic carbocycles. The molecular weight excluding hydrogens is 473 g/mol. The maximum Gasteiger partial charge on any atom is 0.573 e. The van der Waals surface area contributed by atoms with E-state index in [2.05, 4.69) is 29.8 Å². The van der Waals surface area contributed by atoms with Gasteiger partial charge >= 0.3 is 6.36 Å². The van der Waals surface area contributed by atoms with Gasteiger partial charge in [0.2, 0.25) is 0 Å². The summed E-state index contributed by atoms with van der Waals surface area (Å²) in [4.78, 5) is 8.45. The zero-order valence-corrected chi connectivity index (χ0v) is 18.3. The molecule has 0 saturated carbocycles. The van der Waals surface area contributed by atoms with Crippen molar-refractivity contribution < 1.29 is 26.3 Å². The lowest BCUT2D eigenvalue weighted by atomic mass is 10.3. The Hall–Kier alpha value is -4.13. The first-order chi connectivity index (χ1) is 16.1. The van der Waals surface area contributed by atoms with E-state index in [1.54, 1.807) is 48.3 Å². The normalized spacial score (nSPS) is 11.8. The lowest BCUT2D eigenvalue weighted by Gasteiger charge is -2.12. The van der Waals surface area contributed by atoms with Crippen molar-refractivity contribution in [3.63, 3.8) is 0 Å². The van der Waals surface area contributed by atoms with E-state index in [0.717, 1.165) is 24.3 Å². The van der Waals surface area contributed by atoms with Gasteiger partial charge < -0.3 is 10.1 Å². The molecule has 34 heavy (non-hydrogen) atoms. The Morgan fingerprint density at radius 1 is 0.971 bits per heavy atom. The van der Waals surface area contributed by atoms with Gasteiger partial charge in [0.15, 0.2) is 5.82 Å². The van der Waals surface area contributed by atoms with E-state index in [1.165, 1.54) is 12.1 Å². The molecule has 0 atom stereocenters. The van der Waals surface area contributed by atoms with Crippen LogP contribution in [0.1, 0.15) is 5.82 Å². The van der Waals surface area contributed by atoms with Crippen LogP contribution in [0.2, 0.25) is 0 Å². The fourth-order valence-electron chi connectivity index (χ4n) is 2.94. The van der Waals surface area contributed by atoms with E-state index in [9.17, 15) is 21.6 Å². The summed E-state index contributed by atoms with van der Waals surface area (Å²) in [6, 6.07) is 13.7. The van der Waals surface area contributed by atoms with Gasteiger partial charge in [-0.1, -0.05) is 0 Å². The first-order valence-electron chi connectivity index (χ1n) is 9.69. The lowest BCUT2D eigenvalue weighted by Crippen LogP contribution is -2.17. The SMILES string of the molecule is Cc1nc(Nc2ccc(NS(=O)(=O)c3ccc(OC(F)(F)F)cc3)cc2)cc(-n2cccn2)n1. The number of halogens is 3. The van der Waals surface area contributed by atoms with Crippen molar-refractivity contribution in [3.8, 4) is 11.6 Å². The van der Waals surface area contributed by atoms with Crippen LogP contribution >= 0.6 is 0 Å². The van der Waals surface area contributed by atoms with Gasteiger partial charge in [-0.2, -0.15) is 5.10 Å². The Bertz CT molecular complexity index is 1380. The highest BCUT2D eigenvalue weighted by Crippen LogP contribution is 2.25. The number of hydrogen-bond acceptors (Lipinski definition) is 7. The molecule has 0 aliphatic heterocycles. The summed E-state index contributed by atoms with van der Waals surface area (Å²) in [5, 5.41) is 7.26. The van der Waals surface area contributed by atoms with Crippen LogP contribution in [0.5, 0.6) is 5.75 Å². The molecule has 0 bridgehead atoms. The molecule has 0 aliphatic rings. The predicted octanol–water partition coefficient (Wildman–Crippen LogP) is 4.41. The van der Waals surface area contributed by atoms with Crippen molar-refractivity contribution in [1.29, 1.82) is 0 Å². The minimum Gasteiger partial charge on any atom is -0.406 e. The fourth-order valence-corrected chi connectivity index (χ4v) is 4.00. The second-order valence-electron chi connectivity index (χ2n) is 6.94. The van der Waals surface area contributed by atoms with Crippen LogP contribution in [0.4, 0.5) is 30.4 Å². The second-order valence-corrected chi connectivity index (χ2v) is 8.62. The van der Waals surface area contributed by atoms with Gasteiger partial charge in [0, 0.05) is 29.8 Å². The predicted molar refractivity (Wildman–Crippen MR) is 118 cm³/mol. The molecule has 13 heteroatoms. The molecule has 0 radical (unpaired) electrons. The molecule has 2 heterocycles. The third kappa shape index (κ3) is 5.81. The molecule has 0 unspecified atom stereocenters. The summed E-state index contributed by atoms with van der Waals surface area (Å²) in [6.07, 6.45) is -1.47. The molecule has 4 rings (SSSR count). The van der Waals surface area contributed by atoms with Gasteiger partial charge in [-0.05, 0) is 61.5 Å². The standard InChI is InChI=1S/C21H17F3N6O3S/c1-14-26-19(13-20(27-14)30-12-2-11-25-30)28-15-3-5-16(6-4-15)29-34(31,32)18-9-7-17(8-10-18)33-21(22,23)24/h2-13,29H,1H3,(H,26,27,28). The monoisotopic (exact) mass is 490 g/mol. The maximum absolute atomic E-state index is 12.5. The second kappa shape index (κ2) is 9.02. The summed E-state index contributed by atoms with van der Waals surface area (Å²) in [6.45, 7) is 1.75. The van der Waals surface area contributed by atoms with Crippen LogP contribution in [0.15, 0.2) is 78.0 Å². The topological polar surface area (TPSA) is 111 Å². The van der Waals surface area contributed by atoms with E-state index in [0.29, 0.717) is 23.1 Å². The average molecular weight is 490 g/mol. The van der Waals surface area contributed by atoms with Gasteiger partial charge in [-0.25, -0.2) is 23.1 Å². The molecule has 0 fully saturated rings. The molecule has 2 aromatic carbocycles. The Morgan fingerprint density at radius 3 is 2.26 bits per heavy atom. The number of sulfonamides is 1. The van der Waals surface area contributed by atoms with E-state index < -0.39 is 22.1 Å². The van der Waals surface area contributed by atoms with E-state index in [1.807, 2.05) is 0 Å². The van der Waals surface area contributed by atoms with Crippen molar-refractivity contribution in [2.24, 2.45) is 0 Å². The van der Waals surface area contributed by atoms with Gasteiger partial charge in [-0.3, -0.25) is 4.72 Å². The van der Waals surface area contributed by atoms with Gasteiger partial charge in [0.1, 0.15) is 17.4 Å². The molecule has 9 nitrogen and oxygen atoms in total. The van der Waals surface area contributed by atoms with Gasteiger partial charge in [0.25, 0.3) is 10.0 Å².